The summed E-state index contributed by atoms with van der Waals surface area (Å²) in [7, 11) is 0. The molecular formula is C24H39N3O3S. The first kappa shape index (κ1) is 23.1. The third-order valence-electron chi connectivity index (χ3n) is 7.42. The summed E-state index contributed by atoms with van der Waals surface area (Å²) < 4.78 is 5.99. The average molecular weight is 450 g/mol. The van der Waals surface area contributed by atoms with Crippen LogP contribution in [0.4, 0.5) is 0 Å². The summed E-state index contributed by atoms with van der Waals surface area (Å²) in [5.41, 5.74) is -0.354. The van der Waals surface area contributed by atoms with Crippen LogP contribution in [0.25, 0.3) is 0 Å². The Kier molecular flexibility index (Phi) is 7.68. The van der Waals surface area contributed by atoms with Gasteiger partial charge in [-0.2, -0.15) is 0 Å². The van der Waals surface area contributed by atoms with Crippen molar-refractivity contribution in [3.05, 3.63) is 16.6 Å². The van der Waals surface area contributed by atoms with Gasteiger partial charge in [0, 0.05) is 49.7 Å². The molecule has 0 aromatic carbocycles. The number of aliphatic hydroxyl groups is 1. The molecule has 6 nitrogen and oxygen atoms in total. The lowest BCUT2D eigenvalue weighted by molar-refractivity contribution is -0.136. The van der Waals surface area contributed by atoms with Crippen molar-refractivity contribution in [2.45, 2.75) is 65.0 Å². The maximum Gasteiger partial charge on any atom is 0.222 e. The van der Waals surface area contributed by atoms with Gasteiger partial charge in [-0.3, -0.25) is 9.69 Å². The molecule has 2 saturated heterocycles. The van der Waals surface area contributed by atoms with E-state index in [1.54, 1.807) is 11.3 Å². The van der Waals surface area contributed by atoms with Gasteiger partial charge in [0.05, 0.1) is 19.3 Å². The van der Waals surface area contributed by atoms with Crippen LogP contribution in [-0.4, -0.2) is 71.3 Å². The van der Waals surface area contributed by atoms with E-state index in [1.807, 2.05) is 30.3 Å². The Bertz CT molecular complexity index is 707. The summed E-state index contributed by atoms with van der Waals surface area (Å²) in [4.78, 5) is 22.3. The summed E-state index contributed by atoms with van der Waals surface area (Å²) in [5.74, 6) is 1.81. The Labute approximate surface area is 191 Å². The Morgan fingerprint density at radius 3 is 2.81 bits per heavy atom. The van der Waals surface area contributed by atoms with Gasteiger partial charge >= 0.3 is 0 Å². The van der Waals surface area contributed by atoms with E-state index in [4.69, 9.17) is 4.74 Å². The van der Waals surface area contributed by atoms with Crippen LogP contribution < -0.4 is 0 Å². The first-order valence-electron chi connectivity index (χ1n) is 12.0. The molecule has 3 aliphatic rings. The minimum atomic E-state index is -0.563. The van der Waals surface area contributed by atoms with Crippen LogP contribution in [0, 0.1) is 23.2 Å². The number of fused-ring (bicyclic) bond motifs is 1. The molecule has 0 bridgehead atoms. The molecule has 1 aromatic rings. The van der Waals surface area contributed by atoms with Crippen molar-refractivity contribution in [3.8, 4) is 0 Å². The van der Waals surface area contributed by atoms with Gasteiger partial charge in [0.1, 0.15) is 5.01 Å². The summed E-state index contributed by atoms with van der Waals surface area (Å²) in [6, 6.07) is 0. The number of carbonyl (C=O) groups is 1. The lowest BCUT2D eigenvalue weighted by Gasteiger charge is -2.39. The number of hydrogen-bond acceptors (Lipinski definition) is 6. The van der Waals surface area contributed by atoms with E-state index in [2.05, 4.69) is 9.88 Å². The first-order valence-corrected chi connectivity index (χ1v) is 12.9. The molecule has 7 heteroatoms. The SMILES string of the molecule is CC1(C)COCCC[C@H]2CN(Cc3nccs3)CC[C@H]2CC(=O)N(CC2CC2)C[C@@H]1O. The van der Waals surface area contributed by atoms with Gasteiger partial charge < -0.3 is 14.7 Å². The lowest BCUT2D eigenvalue weighted by Crippen LogP contribution is -2.47. The van der Waals surface area contributed by atoms with Crippen molar-refractivity contribution < 1.29 is 14.6 Å². The lowest BCUT2D eigenvalue weighted by atomic mass is 9.80. The van der Waals surface area contributed by atoms with Crippen LogP contribution in [0.5, 0.6) is 0 Å². The van der Waals surface area contributed by atoms with E-state index in [9.17, 15) is 9.90 Å². The van der Waals surface area contributed by atoms with E-state index in [0.29, 0.717) is 37.3 Å². The highest BCUT2D eigenvalue weighted by Gasteiger charge is 2.37. The molecule has 0 spiro atoms. The van der Waals surface area contributed by atoms with E-state index >= 15 is 0 Å². The third kappa shape index (κ3) is 6.50. The molecular weight excluding hydrogens is 410 g/mol. The zero-order valence-electron chi connectivity index (χ0n) is 19.2. The quantitative estimate of drug-likeness (QED) is 0.763. The van der Waals surface area contributed by atoms with E-state index in [1.165, 1.54) is 17.8 Å². The standard InChI is InChI=1S/C24H39N3O3S/c1-24(2)17-30-10-3-4-20-14-26(16-22-25-8-11-31-22)9-7-19(20)12-23(29)27(15-21(24)28)13-18-5-6-18/h8,11,18-21,28H,3-7,9-10,12-17H2,1-2H3/t19-,20-,21-/m0/s1. The van der Waals surface area contributed by atoms with Crippen LogP contribution in [0.3, 0.4) is 0 Å². The van der Waals surface area contributed by atoms with E-state index in [0.717, 1.165) is 52.0 Å². The van der Waals surface area contributed by atoms with Gasteiger partial charge in [-0.1, -0.05) is 13.8 Å². The molecule has 1 N–H and O–H groups in total. The molecule has 31 heavy (non-hydrogen) atoms. The third-order valence-corrected chi connectivity index (χ3v) is 8.18. The summed E-state index contributed by atoms with van der Waals surface area (Å²) in [6.07, 6.45) is 7.54. The fourth-order valence-corrected chi connectivity index (χ4v) is 5.65. The number of rotatable bonds is 4. The number of aliphatic hydroxyl groups excluding tert-OH is 1. The number of ether oxygens (including phenoxy) is 1. The molecule has 3 atom stereocenters. The first-order chi connectivity index (χ1) is 14.9. The Morgan fingerprint density at radius 1 is 1.23 bits per heavy atom. The van der Waals surface area contributed by atoms with Crippen LogP contribution in [0.1, 0.15) is 57.4 Å². The molecule has 1 amide bonds. The molecule has 1 aliphatic carbocycles. The zero-order valence-corrected chi connectivity index (χ0v) is 20.0. The zero-order chi connectivity index (χ0) is 21.8. The molecule has 3 heterocycles. The van der Waals surface area contributed by atoms with Crippen molar-refractivity contribution in [1.29, 1.82) is 0 Å². The summed E-state index contributed by atoms with van der Waals surface area (Å²) in [6.45, 7) is 9.58. The van der Waals surface area contributed by atoms with Gasteiger partial charge in [-0.25, -0.2) is 4.98 Å². The number of hydrogen-bond donors (Lipinski definition) is 1. The number of carbonyl (C=O) groups excluding carboxylic acids is 1. The normalized spacial score (nSPS) is 31.4. The van der Waals surface area contributed by atoms with Gasteiger partial charge in [-0.15, -0.1) is 11.3 Å². The Morgan fingerprint density at radius 2 is 2.06 bits per heavy atom. The number of amides is 1. The molecule has 3 fully saturated rings. The van der Waals surface area contributed by atoms with E-state index < -0.39 is 6.10 Å². The highest BCUT2D eigenvalue weighted by atomic mass is 32.1. The minimum Gasteiger partial charge on any atom is -0.391 e. The molecule has 1 saturated carbocycles. The van der Waals surface area contributed by atoms with Gasteiger partial charge in [0.15, 0.2) is 0 Å². The van der Waals surface area contributed by atoms with Crippen LogP contribution >= 0.6 is 11.3 Å². The number of aromatic nitrogens is 1. The average Bonchev–Trinajstić information content (AvgIpc) is 3.40. The fraction of sp³-hybridized carbons (Fsp3) is 0.833. The van der Waals surface area contributed by atoms with Crippen LogP contribution in [-0.2, 0) is 16.1 Å². The monoisotopic (exact) mass is 449 g/mol. The van der Waals surface area contributed by atoms with Crippen LogP contribution in [0.2, 0.25) is 0 Å². The topological polar surface area (TPSA) is 65.9 Å². The highest BCUT2D eigenvalue weighted by molar-refractivity contribution is 7.09. The predicted octanol–water partition coefficient (Wildman–Crippen LogP) is 3.41. The molecule has 2 aliphatic heterocycles. The molecule has 4 rings (SSSR count). The van der Waals surface area contributed by atoms with Crippen molar-refractivity contribution in [2.75, 3.05) is 39.4 Å². The van der Waals surface area contributed by atoms with Crippen molar-refractivity contribution in [2.24, 2.45) is 23.2 Å². The second-order valence-electron chi connectivity index (χ2n) is 10.6. The molecule has 0 unspecified atom stereocenters. The molecule has 0 radical (unpaired) electrons. The van der Waals surface area contributed by atoms with Crippen molar-refractivity contribution in [3.63, 3.8) is 0 Å². The molecule has 174 valence electrons. The number of β-amino-alcohol motifs (C(OH)–C–C–N with tert-alkyl or cyclic N) is 1. The maximum atomic E-state index is 13.4. The fourth-order valence-electron chi connectivity index (χ4n) is 5.00. The second kappa shape index (κ2) is 10.3. The minimum absolute atomic E-state index is 0.241. The Balaban J connectivity index is 1.45. The number of nitrogens with zero attached hydrogens (tertiary/aromatic N) is 3. The highest BCUT2D eigenvalue weighted by Crippen LogP contribution is 2.34. The largest absolute Gasteiger partial charge is 0.391 e. The van der Waals surface area contributed by atoms with Crippen LogP contribution in [0.15, 0.2) is 11.6 Å². The van der Waals surface area contributed by atoms with Crippen molar-refractivity contribution >= 4 is 17.2 Å². The predicted molar refractivity (Wildman–Crippen MR) is 123 cm³/mol. The second-order valence-corrected chi connectivity index (χ2v) is 11.6. The maximum absolute atomic E-state index is 13.4. The summed E-state index contributed by atoms with van der Waals surface area (Å²) >= 11 is 1.72. The molecule has 1 aromatic heterocycles. The number of likely N-dealkylation sites (tertiary alicyclic amines) is 1. The smallest absolute Gasteiger partial charge is 0.222 e. The van der Waals surface area contributed by atoms with Gasteiger partial charge in [0.25, 0.3) is 0 Å². The van der Waals surface area contributed by atoms with Gasteiger partial charge in [0.2, 0.25) is 5.91 Å². The summed E-state index contributed by atoms with van der Waals surface area (Å²) in [5, 5.41) is 14.1. The number of piperidine rings is 1. The number of thiazole rings is 1. The Hall–Kier alpha value is -1.02. The van der Waals surface area contributed by atoms with Gasteiger partial charge in [-0.05, 0) is 56.4 Å². The van der Waals surface area contributed by atoms with Crippen molar-refractivity contribution in [1.82, 2.24) is 14.8 Å². The van der Waals surface area contributed by atoms with E-state index in [-0.39, 0.29) is 11.3 Å².